The summed E-state index contributed by atoms with van der Waals surface area (Å²) in [5, 5.41) is 9.28. The van der Waals surface area contributed by atoms with Crippen molar-refractivity contribution in [3.8, 4) is 17.2 Å². The lowest BCUT2D eigenvalue weighted by molar-refractivity contribution is -0.149. The number of carboxylic acid groups (broad SMARTS) is 1. The highest BCUT2D eigenvalue weighted by atomic mass is 19.1. The van der Waals surface area contributed by atoms with Crippen LogP contribution in [0.4, 0.5) is 4.39 Å². The minimum Gasteiger partial charge on any atom is -0.487 e. The minimum atomic E-state index is -0.977. The Labute approximate surface area is 180 Å². The van der Waals surface area contributed by atoms with E-state index in [0.717, 1.165) is 11.1 Å². The van der Waals surface area contributed by atoms with Crippen LogP contribution in [0.1, 0.15) is 35.1 Å². The molecule has 2 aromatic carbocycles. The van der Waals surface area contributed by atoms with E-state index in [0.29, 0.717) is 40.8 Å². The van der Waals surface area contributed by atoms with Gasteiger partial charge in [0.05, 0.1) is 0 Å². The number of carboxylic acids is 1. The fourth-order valence-corrected chi connectivity index (χ4v) is 3.22. The minimum absolute atomic E-state index is 0.213. The van der Waals surface area contributed by atoms with Gasteiger partial charge in [-0.15, -0.1) is 0 Å². The van der Waals surface area contributed by atoms with Crippen molar-refractivity contribution >= 4 is 5.97 Å². The number of halogens is 1. The highest BCUT2D eigenvalue weighted by Crippen LogP contribution is 2.25. The van der Waals surface area contributed by atoms with Crippen molar-refractivity contribution in [3.63, 3.8) is 0 Å². The van der Waals surface area contributed by atoms with Crippen LogP contribution in [0.15, 0.2) is 40.8 Å². The van der Waals surface area contributed by atoms with E-state index in [1.807, 2.05) is 19.1 Å². The Hall–Kier alpha value is -3.19. The van der Waals surface area contributed by atoms with Gasteiger partial charge < -0.3 is 19.0 Å². The third-order valence-electron chi connectivity index (χ3n) is 5.04. The highest BCUT2D eigenvalue weighted by molar-refractivity contribution is 5.72. The standard InChI is InChI=1S/C24H26FNO5/c1-5-29-22(24(27)28)12-17-6-8-19(11-14(17)2)30-13-21-16(4)31-23(26-21)18-7-9-20(25)15(3)10-18/h6-11,22H,5,12-13H2,1-4H3,(H,27,28)/t22-/m0/s1. The van der Waals surface area contributed by atoms with Crippen LogP contribution in [0.25, 0.3) is 11.5 Å². The summed E-state index contributed by atoms with van der Waals surface area (Å²) in [4.78, 5) is 15.8. The number of ether oxygens (including phenoxy) is 2. The van der Waals surface area contributed by atoms with E-state index >= 15 is 0 Å². The summed E-state index contributed by atoms with van der Waals surface area (Å²) in [7, 11) is 0. The zero-order valence-corrected chi connectivity index (χ0v) is 18.1. The lowest BCUT2D eigenvalue weighted by Crippen LogP contribution is -2.26. The SMILES string of the molecule is CCO[C@@H](Cc1ccc(OCc2nc(-c3ccc(F)c(C)c3)oc2C)cc1C)C(=O)O. The molecule has 1 atom stereocenters. The number of rotatable bonds is 9. The first-order chi connectivity index (χ1) is 14.8. The van der Waals surface area contributed by atoms with Crippen LogP contribution in [0.2, 0.25) is 0 Å². The largest absolute Gasteiger partial charge is 0.487 e. The number of nitrogens with zero attached hydrogens (tertiary/aromatic N) is 1. The number of carbonyl (C=O) groups is 1. The van der Waals surface area contributed by atoms with E-state index < -0.39 is 12.1 Å². The van der Waals surface area contributed by atoms with Crippen molar-refractivity contribution < 1.29 is 28.2 Å². The zero-order valence-electron chi connectivity index (χ0n) is 18.1. The van der Waals surface area contributed by atoms with Crippen LogP contribution in [0.3, 0.4) is 0 Å². The van der Waals surface area contributed by atoms with Crippen molar-refractivity contribution in [2.24, 2.45) is 0 Å². The molecule has 0 aliphatic carbocycles. The van der Waals surface area contributed by atoms with E-state index in [4.69, 9.17) is 13.9 Å². The summed E-state index contributed by atoms with van der Waals surface area (Å²) in [5.74, 6) is 0.444. The Morgan fingerprint density at radius 1 is 1.16 bits per heavy atom. The first-order valence-corrected chi connectivity index (χ1v) is 10.1. The second-order valence-corrected chi connectivity index (χ2v) is 7.35. The van der Waals surface area contributed by atoms with Crippen molar-refractivity contribution in [1.82, 2.24) is 4.98 Å². The molecule has 0 aliphatic rings. The Kier molecular flexibility index (Phi) is 7.07. The summed E-state index contributed by atoms with van der Waals surface area (Å²) in [6.07, 6.45) is -0.584. The summed E-state index contributed by atoms with van der Waals surface area (Å²) >= 11 is 0. The molecule has 0 saturated heterocycles. The van der Waals surface area contributed by atoms with Gasteiger partial charge in [-0.2, -0.15) is 0 Å². The molecular weight excluding hydrogens is 401 g/mol. The molecule has 0 bridgehead atoms. The molecule has 0 spiro atoms. The monoisotopic (exact) mass is 427 g/mol. The van der Waals surface area contributed by atoms with E-state index in [9.17, 15) is 14.3 Å². The zero-order chi connectivity index (χ0) is 22.5. The lowest BCUT2D eigenvalue weighted by Gasteiger charge is -2.15. The average Bonchev–Trinajstić information content (AvgIpc) is 3.10. The number of benzene rings is 2. The first kappa shape index (κ1) is 22.5. The maximum atomic E-state index is 13.5. The summed E-state index contributed by atoms with van der Waals surface area (Å²) in [5.41, 5.74) is 3.69. The Balaban J connectivity index is 1.69. The van der Waals surface area contributed by atoms with E-state index in [2.05, 4.69) is 4.98 Å². The molecule has 1 aromatic heterocycles. The second-order valence-electron chi connectivity index (χ2n) is 7.35. The van der Waals surface area contributed by atoms with Gasteiger partial charge in [-0.05, 0) is 74.7 Å². The Bertz CT molecular complexity index is 1080. The third-order valence-corrected chi connectivity index (χ3v) is 5.04. The van der Waals surface area contributed by atoms with Crippen LogP contribution >= 0.6 is 0 Å². The molecular formula is C24H26FNO5. The van der Waals surface area contributed by atoms with Crippen molar-refractivity contribution in [1.29, 1.82) is 0 Å². The van der Waals surface area contributed by atoms with Gasteiger partial charge in [0.25, 0.3) is 0 Å². The van der Waals surface area contributed by atoms with Gasteiger partial charge in [0.1, 0.15) is 29.6 Å². The molecule has 6 nitrogen and oxygen atoms in total. The van der Waals surface area contributed by atoms with Crippen LogP contribution in [-0.4, -0.2) is 28.8 Å². The molecule has 3 aromatic rings. The van der Waals surface area contributed by atoms with Crippen molar-refractivity contribution in [2.75, 3.05) is 6.61 Å². The maximum absolute atomic E-state index is 13.5. The fraction of sp³-hybridized carbons (Fsp3) is 0.333. The van der Waals surface area contributed by atoms with Gasteiger partial charge in [-0.25, -0.2) is 14.2 Å². The van der Waals surface area contributed by atoms with Gasteiger partial charge in [0.2, 0.25) is 5.89 Å². The average molecular weight is 427 g/mol. The molecule has 0 unspecified atom stereocenters. The first-order valence-electron chi connectivity index (χ1n) is 10.1. The number of aromatic nitrogens is 1. The smallest absolute Gasteiger partial charge is 0.333 e. The number of hydrogen-bond donors (Lipinski definition) is 1. The molecule has 0 fully saturated rings. The predicted octanol–water partition coefficient (Wildman–Crippen LogP) is 5.02. The summed E-state index contributed by atoms with van der Waals surface area (Å²) < 4.78 is 30.4. The van der Waals surface area contributed by atoms with Gasteiger partial charge in [-0.3, -0.25) is 0 Å². The molecule has 7 heteroatoms. The molecule has 1 heterocycles. The number of aryl methyl sites for hydroxylation is 3. The van der Waals surface area contributed by atoms with Crippen LogP contribution in [-0.2, 0) is 22.6 Å². The van der Waals surface area contributed by atoms with Gasteiger partial charge in [0, 0.05) is 18.6 Å². The molecule has 0 radical (unpaired) electrons. The Morgan fingerprint density at radius 2 is 1.94 bits per heavy atom. The summed E-state index contributed by atoms with van der Waals surface area (Å²) in [6.45, 7) is 7.73. The van der Waals surface area contributed by atoms with E-state index in [1.54, 1.807) is 39.0 Å². The van der Waals surface area contributed by atoms with E-state index in [-0.39, 0.29) is 18.8 Å². The number of hydrogen-bond acceptors (Lipinski definition) is 5. The van der Waals surface area contributed by atoms with Crippen molar-refractivity contribution in [3.05, 3.63) is 70.4 Å². The Morgan fingerprint density at radius 3 is 2.58 bits per heavy atom. The lowest BCUT2D eigenvalue weighted by atomic mass is 10.0. The van der Waals surface area contributed by atoms with E-state index in [1.165, 1.54) is 6.07 Å². The molecule has 0 amide bonds. The molecule has 164 valence electrons. The van der Waals surface area contributed by atoms with Crippen LogP contribution in [0.5, 0.6) is 5.75 Å². The highest BCUT2D eigenvalue weighted by Gasteiger charge is 2.19. The van der Waals surface area contributed by atoms with Crippen LogP contribution in [0, 0.1) is 26.6 Å². The molecule has 0 aliphatic heterocycles. The maximum Gasteiger partial charge on any atom is 0.333 e. The molecule has 31 heavy (non-hydrogen) atoms. The second kappa shape index (κ2) is 9.75. The predicted molar refractivity (Wildman–Crippen MR) is 114 cm³/mol. The molecule has 3 rings (SSSR count). The quantitative estimate of drug-likeness (QED) is 0.517. The summed E-state index contributed by atoms with van der Waals surface area (Å²) in [6, 6.07) is 10.2. The normalized spacial score (nSPS) is 12.0. The van der Waals surface area contributed by atoms with Gasteiger partial charge in [0.15, 0.2) is 6.10 Å². The third kappa shape index (κ3) is 5.49. The molecule has 0 saturated carbocycles. The van der Waals surface area contributed by atoms with Crippen molar-refractivity contribution in [2.45, 2.75) is 46.8 Å². The topological polar surface area (TPSA) is 81.8 Å². The number of aliphatic carboxylic acids is 1. The fourth-order valence-electron chi connectivity index (χ4n) is 3.22. The number of oxazole rings is 1. The van der Waals surface area contributed by atoms with Gasteiger partial charge in [-0.1, -0.05) is 6.07 Å². The van der Waals surface area contributed by atoms with Gasteiger partial charge >= 0.3 is 5.97 Å². The molecule has 1 N–H and O–H groups in total. The van der Waals surface area contributed by atoms with Crippen LogP contribution < -0.4 is 4.74 Å².